The SMILES string of the molecule is COc1ccc(-c2c(-c3ccc(C#N)cc3)nc(OCC3CCNC3)n(C)c2=O)cc1F. The van der Waals surface area contributed by atoms with Gasteiger partial charge in [0, 0.05) is 25.1 Å². The quantitative estimate of drug-likeness (QED) is 0.641. The summed E-state index contributed by atoms with van der Waals surface area (Å²) in [5.41, 5.74) is 1.74. The lowest BCUT2D eigenvalue weighted by atomic mass is 9.99. The molecule has 7 nitrogen and oxygen atoms in total. The van der Waals surface area contributed by atoms with Crippen molar-refractivity contribution >= 4 is 0 Å². The molecule has 0 spiro atoms. The zero-order chi connectivity index (χ0) is 22.7. The molecule has 0 bridgehead atoms. The maximum Gasteiger partial charge on any atom is 0.299 e. The van der Waals surface area contributed by atoms with Gasteiger partial charge in [-0.25, -0.2) is 4.39 Å². The highest BCUT2D eigenvalue weighted by molar-refractivity contribution is 5.80. The van der Waals surface area contributed by atoms with Crippen LogP contribution in [-0.4, -0.2) is 36.4 Å². The molecule has 0 amide bonds. The van der Waals surface area contributed by atoms with Gasteiger partial charge in [-0.05, 0) is 42.8 Å². The molecule has 1 aliphatic rings. The fourth-order valence-corrected chi connectivity index (χ4v) is 3.75. The zero-order valence-electron chi connectivity index (χ0n) is 17.9. The summed E-state index contributed by atoms with van der Waals surface area (Å²) in [7, 11) is 2.97. The van der Waals surface area contributed by atoms with E-state index in [1.54, 1.807) is 37.4 Å². The van der Waals surface area contributed by atoms with Crippen LogP contribution in [0.4, 0.5) is 4.39 Å². The first-order valence-electron chi connectivity index (χ1n) is 10.3. The van der Waals surface area contributed by atoms with E-state index in [9.17, 15) is 9.18 Å². The average molecular weight is 434 g/mol. The molecule has 8 heteroatoms. The Labute approximate surface area is 185 Å². The van der Waals surface area contributed by atoms with Crippen LogP contribution in [0.5, 0.6) is 11.8 Å². The third kappa shape index (κ3) is 4.20. The predicted octanol–water partition coefficient (Wildman–Crippen LogP) is 3.12. The number of ether oxygens (including phenoxy) is 2. The molecule has 0 radical (unpaired) electrons. The van der Waals surface area contributed by atoms with Crippen molar-refractivity contribution in [3.8, 4) is 40.2 Å². The van der Waals surface area contributed by atoms with E-state index >= 15 is 0 Å². The normalized spacial score (nSPS) is 15.4. The summed E-state index contributed by atoms with van der Waals surface area (Å²) in [6, 6.07) is 13.4. The molecule has 2 heterocycles. The maximum atomic E-state index is 14.5. The topological polar surface area (TPSA) is 89.2 Å². The fourth-order valence-electron chi connectivity index (χ4n) is 3.75. The Hall–Kier alpha value is -3.70. The van der Waals surface area contributed by atoms with Crippen LogP contribution in [0.2, 0.25) is 0 Å². The number of nitrogens with one attached hydrogen (secondary N) is 1. The number of nitriles is 1. The van der Waals surface area contributed by atoms with Gasteiger partial charge in [-0.1, -0.05) is 18.2 Å². The van der Waals surface area contributed by atoms with Crippen molar-refractivity contribution < 1.29 is 13.9 Å². The number of halogens is 1. The largest absolute Gasteiger partial charge is 0.494 e. The molecular weight excluding hydrogens is 411 g/mol. The van der Waals surface area contributed by atoms with E-state index in [0.717, 1.165) is 19.5 Å². The number of benzene rings is 2. The molecule has 1 aliphatic heterocycles. The van der Waals surface area contributed by atoms with Gasteiger partial charge in [0.05, 0.1) is 36.6 Å². The molecule has 1 fully saturated rings. The summed E-state index contributed by atoms with van der Waals surface area (Å²) in [4.78, 5) is 18.0. The molecule has 32 heavy (non-hydrogen) atoms. The van der Waals surface area contributed by atoms with E-state index in [1.807, 2.05) is 0 Å². The molecule has 1 unspecified atom stereocenters. The smallest absolute Gasteiger partial charge is 0.299 e. The van der Waals surface area contributed by atoms with E-state index in [2.05, 4.69) is 16.4 Å². The highest BCUT2D eigenvalue weighted by atomic mass is 19.1. The van der Waals surface area contributed by atoms with Crippen LogP contribution in [0, 0.1) is 23.1 Å². The van der Waals surface area contributed by atoms with E-state index in [4.69, 9.17) is 14.7 Å². The summed E-state index contributed by atoms with van der Waals surface area (Å²) in [5, 5.41) is 12.4. The van der Waals surface area contributed by atoms with Crippen LogP contribution >= 0.6 is 0 Å². The van der Waals surface area contributed by atoms with Gasteiger partial charge < -0.3 is 14.8 Å². The minimum absolute atomic E-state index is 0.0867. The minimum Gasteiger partial charge on any atom is -0.494 e. The Kier molecular flexibility index (Phi) is 6.19. The number of hydrogen-bond donors (Lipinski definition) is 1. The molecule has 4 rings (SSSR count). The Balaban J connectivity index is 1.85. The summed E-state index contributed by atoms with van der Waals surface area (Å²) >= 11 is 0. The van der Waals surface area contributed by atoms with Gasteiger partial charge in [-0.15, -0.1) is 0 Å². The van der Waals surface area contributed by atoms with Gasteiger partial charge >= 0.3 is 0 Å². The molecule has 1 aromatic heterocycles. The van der Waals surface area contributed by atoms with Gasteiger partial charge in [0.2, 0.25) is 0 Å². The summed E-state index contributed by atoms with van der Waals surface area (Å²) in [6.45, 7) is 2.25. The lowest BCUT2D eigenvalue weighted by Crippen LogP contribution is -2.25. The predicted molar refractivity (Wildman–Crippen MR) is 118 cm³/mol. The lowest BCUT2D eigenvalue weighted by Gasteiger charge is -2.17. The van der Waals surface area contributed by atoms with Crippen molar-refractivity contribution in [2.75, 3.05) is 26.8 Å². The van der Waals surface area contributed by atoms with Crippen LogP contribution in [0.1, 0.15) is 12.0 Å². The highest BCUT2D eigenvalue weighted by Gasteiger charge is 2.22. The zero-order valence-corrected chi connectivity index (χ0v) is 17.9. The van der Waals surface area contributed by atoms with E-state index in [1.165, 1.54) is 23.8 Å². The number of rotatable bonds is 6. The molecule has 0 saturated carbocycles. The standard InChI is InChI=1S/C24H23FN4O3/c1-29-23(30)21(18-7-8-20(31-2)19(25)11-18)22(17-5-3-15(12-26)4-6-17)28-24(29)32-14-16-9-10-27-13-16/h3-8,11,16,27H,9-10,13-14H2,1-2H3. The number of aromatic nitrogens is 2. The van der Waals surface area contributed by atoms with Crippen molar-refractivity contribution in [3.63, 3.8) is 0 Å². The van der Waals surface area contributed by atoms with Crippen LogP contribution in [-0.2, 0) is 7.05 Å². The second-order valence-corrected chi connectivity index (χ2v) is 7.69. The summed E-state index contributed by atoms with van der Waals surface area (Å²) in [5.74, 6) is -0.143. The Morgan fingerprint density at radius 3 is 2.62 bits per heavy atom. The van der Waals surface area contributed by atoms with Crippen LogP contribution in [0.15, 0.2) is 47.3 Å². The van der Waals surface area contributed by atoms with E-state index < -0.39 is 5.82 Å². The lowest BCUT2D eigenvalue weighted by molar-refractivity contribution is 0.231. The van der Waals surface area contributed by atoms with Crippen molar-refractivity contribution in [1.82, 2.24) is 14.9 Å². The van der Waals surface area contributed by atoms with Crippen molar-refractivity contribution in [3.05, 3.63) is 64.2 Å². The molecule has 1 N–H and O–H groups in total. The number of nitrogens with zero attached hydrogens (tertiary/aromatic N) is 3. The van der Waals surface area contributed by atoms with Gasteiger partial charge in [0.15, 0.2) is 11.6 Å². The molecule has 3 aromatic rings. The molecule has 164 valence electrons. The molecular formula is C24H23FN4O3. The first-order chi connectivity index (χ1) is 15.5. The first-order valence-corrected chi connectivity index (χ1v) is 10.3. The van der Waals surface area contributed by atoms with Gasteiger partial charge in [0.1, 0.15) is 0 Å². The Morgan fingerprint density at radius 1 is 1.25 bits per heavy atom. The summed E-state index contributed by atoms with van der Waals surface area (Å²) in [6.07, 6.45) is 1.000. The minimum atomic E-state index is -0.577. The fraction of sp³-hybridized carbons (Fsp3) is 0.292. The van der Waals surface area contributed by atoms with Gasteiger partial charge in [0.25, 0.3) is 11.6 Å². The highest BCUT2D eigenvalue weighted by Crippen LogP contribution is 2.32. The monoisotopic (exact) mass is 434 g/mol. The second-order valence-electron chi connectivity index (χ2n) is 7.69. The van der Waals surface area contributed by atoms with Gasteiger partial charge in [-0.2, -0.15) is 10.2 Å². The molecule has 0 aliphatic carbocycles. The van der Waals surface area contributed by atoms with Crippen LogP contribution in [0.3, 0.4) is 0 Å². The van der Waals surface area contributed by atoms with Gasteiger partial charge in [-0.3, -0.25) is 9.36 Å². The molecule has 1 saturated heterocycles. The van der Waals surface area contributed by atoms with Crippen molar-refractivity contribution in [2.24, 2.45) is 13.0 Å². The van der Waals surface area contributed by atoms with Crippen molar-refractivity contribution in [1.29, 1.82) is 5.26 Å². The third-order valence-corrected chi connectivity index (χ3v) is 5.59. The summed E-state index contributed by atoms with van der Waals surface area (Å²) < 4.78 is 26.7. The third-order valence-electron chi connectivity index (χ3n) is 5.59. The van der Waals surface area contributed by atoms with Crippen LogP contribution < -0.4 is 20.3 Å². The first kappa shape index (κ1) is 21.5. The number of hydrogen-bond acceptors (Lipinski definition) is 6. The van der Waals surface area contributed by atoms with E-state index in [-0.39, 0.29) is 22.9 Å². The molecule has 2 aromatic carbocycles. The maximum absolute atomic E-state index is 14.5. The van der Waals surface area contributed by atoms with Crippen molar-refractivity contribution in [2.45, 2.75) is 6.42 Å². The molecule has 1 atom stereocenters. The number of methoxy groups -OCH3 is 1. The van der Waals surface area contributed by atoms with E-state index in [0.29, 0.717) is 34.9 Å². The average Bonchev–Trinajstić information content (AvgIpc) is 3.33. The van der Waals surface area contributed by atoms with Crippen LogP contribution in [0.25, 0.3) is 22.4 Å². The Bertz CT molecular complexity index is 1230. The second kappa shape index (κ2) is 9.20. The Morgan fingerprint density at radius 2 is 2.00 bits per heavy atom.